The van der Waals surface area contributed by atoms with E-state index in [2.05, 4.69) is 5.32 Å². The van der Waals surface area contributed by atoms with Gasteiger partial charge in [0.2, 0.25) is 0 Å². The molecule has 96 valence electrons. The SMILES string of the molecule is COCC(CCO)NCc1ccc(C)cc1Cl. The lowest BCUT2D eigenvalue weighted by molar-refractivity contribution is 0.148. The fourth-order valence-electron chi connectivity index (χ4n) is 1.65. The van der Waals surface area contributed by atoms with Gasteiger partial charge >= 0.3 is 0 Å². The first-order valence-corrected chi connectivity index (χ1v) is 6.13. The number of rotatable bonds is 7. The van der Waals surface area contributed by atoms with Crippen molar-refractivity contribution < 1.29 is 9.84 Å². The minimum atomic E-state index is 0.155. The summed E-state index contributed by atoms with van der Waals surface area (Å²) in [6, 6.07) is 6.17. The molecule has 0 spiro atoms. The quantitative estimate of drug-likeness (QED) is 0.786. The molecule has 0 heterocycles. The Balaban J connectivity index is 2.52. The van der Waals surface area contributed by atoms with Crippen LogP contribution in [0.15, 0.2) is 18.2 Å². The highest BCUT2D eigenvalue weighted by molar-refractivity contribution is 6.31. The largest absolute Gasteiger partial charge is 0.396 e. The van der Waals surface area contributed by atoms with Crippen molar-refractivity contribution in [2.24, 2.45) is 0 Å². The van der Waals surface area contributed by atoms with E-state index in [0.29, 0.717) is 19.6 Å². The number of hydrogen-bond acceptors (Lipinski definition) is 3. The van der Waals surface area contributed by atoms with E-state index in [0.717, 1.165) is 16.1 Å². The summed E-state index contributed by atoms with van der Waals surface area (Å²) < 4.78 is 5.09. The van der Waals surface area contributed by atoms with Crippen LogP contribution in [0.1, 0.15) is 17.5 Å². The molecule has 2 N–H and O–H groups in total. The van der Waals surface area contributed by atoms with E-state index in [1.807, 2.05) is 25.1 Å². The summed E-state index contributed by atoms with van der Waals surface area (Å²) in [5.41, 5.74) is 2.22. The molecule has 17 heavy (non-hydrogen) atoms. The van der Waals surface area contributed by atoms with Crippen molar-refractivity contribution in [3.8, 4) is 0 Å². The van der Waals surface area contributed by atoms with Crippen LogP contribution in [0, 0.1) is 6.92 Å². The van der Waals surface area contributed by atoms with Gasteiger partial charge in [-0.05, 0) is 30.5 Å². The number of aliphatic hydroxyl groups excluding tert-OH is 1. The molecular weight excluding hydrogens is 238 g/mol. The van der Waals surface area contributed by atoms with Crippen LogP contribution in [0.4, 0.5) is 0 Å². The summed E-state index contributed by atoms with van der Waals surface area (Å²) in [4.78, 5) is 0. The zero-order chi connectivity index (χ0) is 12.7. The molecule has 1 rings (SSSR count). The standard InChI is InChI=1S/C13H20ClNO2/c1-10-3-4-11(13(14)7-10)8-15-12(5-6-16)9-17-2/h3-4,7,12,15-16H,5-6,8-9H2,1-2H3. The topological polar surface area (TPSA) is 41.5 Å². The third-order valence-electron chi connectivity index (χ3n) is 2.64. The van der Waals surface area contributed by atoms with E-state index in [9.17, 15) is 0 Å². The van der Waals surface area contributed by atoms with Crippen LogP contribution in [-0.4, -0.2) is 31.5 Å². The molecule has 1 aromatic rings. The highest BCUT2D eigenvalue weighted by atomic mass is 35.5. The molecule has 0 saturated carbocycles. The molecule has 0 bridgehead atoms. The van der Waals surface area contributed by atoms with Gasteiger partial charge in [0.25, 0.3) is 0 Å². The first kappa shape index (κ1) is 14.5. The molecule has 0 aromatic heterocycles. The van der Waals surface area contributed by atoms with Gasteiger partial charge in [-0.25, -0.2) is 0 Å². The number of aliphatic hydroxyl groups is 1. The summed E-state index contributed by atoms with van der Waals surface area (Å²) in [5, 5.41) is 13.0. The second-order valence-corrected chi connectivity index (χ2v) is 4.55. The fraction of sp³-hybridized carbons (Fsp3) is 0.538. The molecule has 0 amide bonds. The molecule has 1 unspecified atom stereocenters. The monoisotopic (exact) mass is 257 g/mol. The highest BCUT2D eigenvalue weighted by Gasteiger charge is 2.08. The van der Waals surface area contributed by atoms with Gasteiger partial charge in [-0.2, -0.15) is 0 Å². The number of aryl methyl sites for hydroxylation is 1. The molecule has 0 radical (unpaired) electrons. The highest BCUT2D eigenvalue weighted by Crippen LogP contribution is 2.17. The normalized spacial score (nSPS) is 12.7. The van der Waals surface area contributed by atoms with Crippen molar-refractivity contribution in [1.82, 2.24) is 5.32 Å². The maximum absolute atomic E-state index is 8.93. The number of nitrogens with one attached hydrogen (secondary N) is 1. The number of hydrogen-bond donors (Lipinski definition) is 2. The predicted octanol–water partition coefficient (Wildman–Crippen LogP) is 2.14. The van der Waals surface area contributed by atoms with Crippen LogP contribution in [0.3, 0.4) is 0 Å². The van der Waals surface area contributed by atoms with Gasteiger partial charge < -0.3 is 15.2 Å². The minimum Gasteiger partial charge on any atom is -0.396 e. The van der Waals surface area contributed by atoms with E-state index in [-0.39, 0.29) is 12.6 Å². The fourth-order valence-corrected chi connectivity index (χ4v) is 1.95. The average Bonchev–Trinajstić information content (AvgIpc) is 2.28. The van der Waals surface area contributed by atoms with Gasteiger partial charge in [-0.15, -0.1) is 0 Å². The Morgan fingerprint density at radius 1 is 1.47 bits per heavy atom. The minimum absolute atomic E-state index is 0.155. The first-order chi connectivity index (χ1) is 8.17. The maximum Gasteiger partial charge on any atom is 0.0616 e. The number of halogens is 1. The van der Waals surface area contributed by atoms with Crippen molar-refractivity contribution >= 4 is 11.6 Å². The number of methoxy groups -OCH3 is 1. The van der Waals surface area contributed by atoms with Gasteiger partial charge in [0.1, 0.15) is 0 Å². The summed E-state index contributed by atoms with van der Waals surface area (Å²) in [7, 11) is 1.66. The van der Waals surface area contributed by atoms with Gasteiger partial charge in [0, 0.05) is 31.3 Å². The Morgan fingerprint density at radius 2 is 2.24 bits per heavy atom. The van der Waals surface area contributed by atoms with Crippen molar-refractivity contribution in [3.05, 3.63) is 34.3 Å². The zero-order valence-electron chi connectivity index (χ0n) is 10.4. The summed E-state index contributed by atoms with van der Waals surface area (Å²) in [6.07, 6.45) is 0.678. The van der Waals surface area contributed by atoms with Crippen LogP contribution in [0.5, 0.6) is 0 Å². The Hall–Kier alpha value is -0.610. The summed E-state index contributed by atoms with van der Waals surface area (Å²) in [6.45, 7) is 3.45. The lowest BCUT2D eigenvalue weighted by Crippen LogP contribution is -2.33. The lowest BCUT2D eigenvalue weighted by atomic mass is 10.1. The molecule has 3 nitrogen and oxygen atoms in total. The van der Waals surface area contributed by atoms with Crippen molar-refractivity contribution in [3.63, 3.8) is 0 Å². The third-order valence-corrected chi connectivity index (χ3v) is 2.99. The molecule has 1 atom stereocenters. The van der Waals surface area contributed by atoms with Gasteiger partial charge in [-0.3, -0.25) is 0 Å². The van der Waals surface area contributed by atoms with E-state index < -0.39 is 0 Å². The second-order valence-electron chi connectivity index (χ2n) is 4.14. The van der Waals surface area contributed by atoms with Crippen molar-refractivity contribution in [1.29, 1.82) is 0 Å². The Bertz CT molecular complexity index is 338. The Morgan fingerprint density at radius 3 is 2.82 bits per heavy atom. The molecule has 0 aliphatic heterocycles. The summed E-state index contributed by atoms with van der Waals surface area (Å²) >= 11 is 6.15. The van der Waals surface area contributed by atoms with Crippen LogP contribution in [0.25, 0.3) is 0 Å². The smallest absolute Gasteiger partial charge is 0.0616 e. The zero-order valence-corrected chi connectivity index (χ0v) is 11.1. The summed E-state index contributed by atoms with van der Waals surface area (Å²) in [5.74, 6) is 0. The number of ether oxygens (including phenoxy) is 1. The van der Waals surface area contributed by atoms with Crippen LogP contribution >= 0.6 is 11.6 Å². The van der Waals surface area contributed by atoms with E-state index in [4.69, 9.17) is 21.4 Å². The molecule has 4 heteroatoms. The van der Waals surface area contributed by atoms with Gasteiger partial charge in [-0.1, -0.05) is 23.7 Å². The second kappa shape index (κ2) is 7.67. The Kier molecular flexibility index (Phi) is 6.52. The number of benzene rings is 1. The van der Waals surface area contributed by atoms with Crippen LogP contribution in [-0.2, 0) is 11.3 Å². The molecule has 0 aliphatic rings. The van der Waals surface area contributed by atoms with Crippen molar-refractivity contribution in [2.75, 3.05) is 20.3 Å². The van der Waals surface area contributed by atoms with E-state index >= 15 is 0 Å². The predicted molar refractivity (Wildman–Crippen MR) is 70.4 cm³/mol. The van der Waals surface area contributed by atoms with Gasteiger partial charge in [0.15, 0.2) is 0 Å². The molecule has 0 fully saturated rings. The van der Waals surface area contributed by atoms with Crippen molar-refractivity contribution in [2.45, 2.75) is 25.9 Å². The maximum atomic E-state index is 8.93. The molecule has 0 saturated heterocycles. The molecule has 0 aliphatic carbocycles. The van der Waals surface area contributed by atoms with E-state index in [1.54, 1.807) is 7.11 Å². The third kappa shape index (κ3) is 5.04. The molecule has 1 aromatic carbocycles. The average molecular weight is 258 g/mol. The van der Waals surface area contributed by atoms with Crippen LogP contribution in [0.2, 0.25) is 5.02 Å². The molecular formula is C13H20ClNO2. The van der Waals surface area contributed by atoms with Gasteiger partial charge in [0.05, 0.1) is 6.61 Å². The van der Waals surface area contributed by atoms with E-state index in [1.165, 1.54) is 0 Å². The Labute approximate surface area is 108 Å². The van der Waals surface area contributed by atoms with Crippen LogP contribution < -0.4 is 5.32 Å². The lowest BCUT2D eigenvalue weighted by Gasteiger charge is -2.17. The first-order valence-electron chi connectivity index (χ1n) is 5.75.